The fourth-order valence-corrected chi connectivity index (χ4v) is 3.38. The van der Waals surface area contributed by atoms with Crippen LogP contribution >= 0.6 is 11.6 Å². The highest BCUT2D eigenvalue weighted by Gasteiger charge is 2.23. The molecule has 0 fully saturated rings. The molecule has 2 aromatic heterocycles. The summed E-state index contributed by atoms with van der Waals surface area (Å²) in [6.45, 7) is 3.57. The Morgan fingerprint density at radius 3 is 2.62 bits per heavy atom. The number of benzene rings is 1. The molecule has 0 unspecified atom stereocenters. The molecule has 0 saturated carbocycles. The molecule has 1 aromatic carbocycles. The highest BCUT2D eigenvalue weighted by molar-refractivity contribution is 6.33. The number of aromatic hydroxyl groups is 1. The minimum Gasteiger partial charge on any atom is -0.507 e. The van der Waals surface area contributed by atoms with Crippen LogP contribution in [-0.4, -0.2) is 38.9 Å². The molecule has 0 spiro atoms. The third kappa shape index (κ3) is 5.96. The molecular formula is C22H22ClF4N5O2. The molecule has 1 aliphatic rings. The normalized spacial score (nSPS) is 12.8. The van der Waals surface area contributed by atoms with Crippen LogP contribution in [-0.2, 0) is 6.42 Å². The lowest BCUT2D eigenvalue weighted by atomic mass is 10.0. The van der Waals surface area contributed by atoms with Crippen molar-refractivity contribution >= 4 is 29.0 Å². The van der Waals surface area contributed by atoms with E-state index < -0.39 is 24.3 Å². The quantitative estimate of drug-likeness (QED) is 0.339. The van der Waals surface area contributed by atoms with Gasteiger partial charge in [-0.1, -0.05) is 24.6 Å². The van der Waals surface area contributed by atoms with Gasteiger partial charge >= 0.3 is 6.18 Å². The van der Waals surface area contributed by atoms with Gasteiger partial charge in [-0.25, -0.2) is 9.37 Å². The van der Waals surface area contributed by atoms with Gasteiger partial charge in [0.1, 0.15) is 23.1 Å². The Hall–Kier alpha value is -3.34. The van der Waals surface area contributed by atoms with Crippen molar-refractivity contribution in [2.75, 3.05) is 17.2 Å². The van der Waals surface area contributed by atoms with E-state index in [2.05, 4.69) is 25.8 Å². The molecule has 0 aliphatic carbocycles. The molecule has 12 heteroatoms. The summed E-state index contributed by atoms with van der Waals surface area (Å²) in [6, 6.07) is 5.78. The van der Waals surface area contributed by atoms with E-state index in [4.69, 9.17) is 11.6 Å². The maximum absolute atomic E-state index is 14.7. The van der Waals surface area contributed by atoms with E-state index in [-0.39, 0.29) is 27.7 Å². The zero-order valence-corrected chi connectivity index (χ0v) is 19.0. The first-order valence-corrected chi connectivity index (χ1v) is 10.7. The van der Waals surface area contributed by atoms with Crippen molar-refractivity contribution in [2.45, 2.75) is 39.3 Å². The van der Waals surface area contributed by atoms with Crippen LogP contribution in [0.2, 0.25) is 5.15 Å². The van der Waals surface area contributed by atoms with Crippen molar-refractivity contribution in [1.82, 2.24) is 15.2 Å². The van der Waals surface area contributed by atoms with Crippen LogP contribution in [0.15, 0.2) is 24.3 Å². The van der Waals surface area contributed by atoms with Gasteiger partial charge in [0.2, 0.25) is 0 Å². The predicted molar refractivity (Wildman–Crippen MR) is 121 cm³/mol. The number of nitrogens with one attached hydrogen (secondary N) is 3. The van der Waals surface area contributed by atoms with Crippen LogP contribution in [0.5, 0.6) is 5.75 Å². The number of phenols is 1. The number of hydrogen-bond acceptors (Lipinski definition) is 5. The Morgan fingerprint density at radius 2 is 2.00 bits per heavy atom. The second kappa shape index (κ2) is 10.3. The van der Waals surface area contributed by atoms with Gasteiger partial charge in [0.15, 0.2) is 5.15 Å². The van der Waals surface area contributed by atoms with E-state index >= 15 is 0 Å². The van der Waals surface area contributed by atoms with Gasteiger partial charge in [0.25, 0.3) is 5.91 Å². The molecule has 3 aromatic rings. The molecule has 3 heterocycles. The number of aromatic amines is 1. The molecular weight excluding hydrogens is 478 g/mol. The number of alkyl halides is 3. The van der Waals surface area contributed by atoms with Crippen molar-refractivity contribution < 1.29 is 27.5 Å². The van der Waals surface area contributed by atoms with Gasteiger partial charge in [0, 0.05) is 18.5 Å². The summed E-state index contributed by atoms with van der Waals surface area (Å²) in [6.07, 6.45) is -2.75. The number of H-pyrrole nitrogens is 1. The number of halogens is 5. The van der Waals surface area contributed by atoms with E-state index in [0.717, 1.165) is 43.8 Å². The smallest absolute Gasteiger partial charge is 0.388 e. The SMILES string of the molecule is CCC(F)(F)F.Cc1[nH]nc(Cl)c1NC(=O)c1cc(F)c(-c2ccc3c(n2)NCCC3)cc1O. The number of carbonyl (C=O) groups excluding carboxylic acids is 1. The number of carbonyl (C=O) groups is 1. The molecule has 0 saturated heterocycles. The van der Waals surface area contributed by atoms with E-state index in [0.29, 0.717) is 11.4 Å². The minimum absolute atomic E-state index is 0.0770. The van der Waals surface area contributed by atoms with Crippen molar-refractivity contribution in [3.05, 3.63) is 52.1 Å². The molecule has 0 atom stereocenters. The molecule has 1 amide bonds. The van der Waals surface area contributed by atoms with Crippen LogP contribution in [0.1, 0.15) is 41.4 Å². The van der Waals surface area contributed by atoms with E-state index in [1.165, 1.54) is 6.07 Å². The highest BCUT2D eigenvalue weighted by atomic mass is 35.5. The van der Waals surface area contributed by atoms with E-state index in [1.54, 1.807) is 13.0 Å². The number of pyridine rings is 1. The highest BCUT2D eigenvalue weighted by Crippen LogP contribution is 2.32. The number of amides is 1. The fraction of sp³-hybridized carbons (Fsp3) is 0.318. The Kier molecular flexibility index (Phi) is 7.65. The summed E-state index contributed by atoms with van der Waals surface area (Å²) in [5.41, 5.74) is 2.17. The lowest BCUT2D eigenvalue weighted by Gasteiger charge is -2.18. The third-order valence-corrected chi connectivity index (χ3v) is 5.32. The molecule has 7 nitrogen and oxygen atoms in total. The average molecular weight is 500 g/mol. The Balaban J connectivity index is 0.000000481. The first-order chi connectivity index (χ1) is 16.0. The number of rotatable bonds is 3. The Labute approximate surface area is 197 Å². The van der Waals surface area contributed by atoms with Crippen LogP contribution < -0.4 is 10.6 Å². The van der Waals surface area contributed by atoms with Crippen molar-refractivity contribution in [3.63, 3.8) is 0 Å². The topological polar surface area (TPSA) is 103 Å². The summed E-state index contributed by atoms with van der Waals surface area (Å²) in [5.74, 6) is -1.01. The van der Waals surface area contributed by atoms with E-state index in [9.17, 15) is 27.5 Å². The zero-order valence-electron chi connectivity index (χ0n) is 18.3. The molecule has 34 heavy (non-hydrogen) atoms. The Morgan fingerprint density at radius 1 is 1.29 bits per heavy atom. The summed E-state index contributed by atoms with van der Waals surface area (Å²) in [5, 5.41) is 22.5. The number of nitrogens with zero attached hydrogens (tertiary/aromatic N) is 2. The summed E-state index contributed by atoms with van der Waals surface area (Å²) in [7, 11) is 0. The number of hydrogen-bond donors (Lipinski definition) is 4. The standard InChI is InChI=1S/C19H17ClFN5O2.C3H5F3/c1-9-16(17(20)26-25-9)24-19(28)12-7-13(21)11(8-15(12)27)14-5-4-10-3-2-6-22-18(10)23-14;1-2-3(4,5)6/h4-5,7-8,27H,2-3,6H2,1H3,(H,22,23)(H,24,28)(H,25,26);2H2,1H3. The summed E-state index contributed by atoms with van der Waals surface area (Å²) in [4.78, 5) is 16.9. The van der Waals surface area contributed by atoms with Crippen LogP contribution in [0.3, 0.4) is 0 Å². The lowest BCUT2D eigenvalue weighted by Crippen LogP contribution is -2.14. The molecule has 182 valence electrons. The van der Waals surface area contributed by atoms with Crippen LogP contribution in [0.4, 0.5) is 29.1 Å². The van der Waals surface area contributed by atoms with Gasteiger partial charge in [-0.15, -0.1) is 0 Å². The minimum atomic E-state index is -3.96. The lowest BCUT2D eigenvalue weighted by molar-refractivity contribution is -0.130. The van der Waals surface area contributed by atoms with Gasteiger partial charge in [-0.3, -0.25) is 9.89 Å². The number of phenolic OH excluding ortho intramolecular Hbond substituents is 1. The third-order valence-electron chi connectivity index (χ3n) is 5.04. The number of aromatic nitrogens is 3. The molecule has 1 aliphatic heterocycles. The molecule has 4 N–H and O–H groups in total. The van der Waals surface area contributed by atoms with E-state index in [1.807, 2.05) is 6.07 Å². The fourth-order valence-electron chi connectivity index (χ4n) is 3.14. The Bertz CT molecular complexity index is 1180. The van der Waals surface area contributed by atoms with Crippen LogP contribution in [0.25, 0.3) is 11.3 Å². The molecule has 0 radical (unpaired) electrons. The van der Waals surface area contributed by atoms with Crippen LogP contribution in [0, 0.1) is 12.7 Å². The monoisotopic (exact) mass is 499 g/mol. The maximum atomic E-state index is 14.7. The van der Waals surface area contributed by atoms with Gasteiger partial charge in [-0.05, 0) is 43.5 Å². The second-order valence-electron chi connectivity index (χ2n) is 7.52. The molecule has 4 rings (SSSR count). The van der Waals surface area contributed by atoms with Crippen molar-refractivity contribution in [3.8, 4) is 17.0 Å². The maximum Gasteiger partial charge on any atom is 0.388 e. The second-order valence-corrected chi connectivity index (χ2v) is 7.88. The van der Waals surface area contributed by atoms with Gasteiger partial charge < -0.3 is 15.7 Å². The van der Waals surface area contributed by atoms with Gasteiger partial charge in [0.05, 0.1) is 17.0 Å². The van der Waals surface area contributed by atoms with Gasteiger partial charge in [-0.2, -0.15) is 18.3 Å². The largest absolute Gasteiger partial charge is 0.507 e. The van der Waals surface area contributed by atoms with Crippen molar-refractivity contribution in [2.24, 2.45) is 0 Å². The number of anilines is 2. The number of fused-ring (bicyclic) bond motifs is 1. The summed E-state index contributed by atoms with van der Waals surface area (Å²) >= 11 is 5.90. The zero-order chi connectivity index (χ0) is 25.0. The van der Waals surface area contributed by atoms with Crippen molar-refractivity contribution in [1.29, 1.82) is 0 Å². The average Bonchev–Trinajstić information content (AvgIpc) is 3.12. The first kappa shape index (κ1) is 25.3. The predicted octanol–water partition coefficient (Wildman–Crippen LogP) is 5.85. The molecule has 0 bridgehead atoms. The summed E-state index contributed by atoms with van der Waals surface area (Å²) < 4.78 is 47.1. The number of aryl methyl sites for hydroxylation is 2. The first-order valence-electron chi connectivity index (χ1n) is 10.4.